The van der Waals surface area contributed by atoms with E-state index in [9.17, 15) is 9.59 Å². The molecule has 1 aromatic carbocycles. The first kappa shape index (κ1) is 11.3. The molecule has 1 rings (SSSR count). The summed E-state index contributed by atoms with van der Waals surface area (Å²) >= 11 is 3.57. The third-order valence-electron chi connectivity index (χ3n) is 1.68. The minimum Gasteiger partial charge on any atom is -0.508 e. The van der Waals surface area contributed by atoms with Crippen molar-refractivity contribution >= 4 is 29.3 Å². The van der Waals surface area contributed by atoms with Gasteiger partial charge in [0, 0.05) is 11.6 Å². The van der Waals surface area contributed by atoms with E-state index in [1.807, 2.05) is 0 Å². The zero-order chi connectivity index (χ0) is 11.4. The lowest BCUT2D eigenvalue weighted by atomic mass is 10.1. The SMILES string of the molecule is O=C(O)/C=C(/C(=O)S)c1ccc(O)cc1. The fourth-order valence-electron chi connectivity index (χ4n) is 1.03. The Balaban J connectivity index is 3.16. The summed E-state index contributed by atoms with van der Waals surface area (Å²) in [5.41, 5.74) is 0.376. The van der Waals surface area contributed by atoms with E-state index in [0.29, 0.717) is 5.56 Å². The quantitative estimate of drug-likeness (QED) is 0.534. The largest absolute Gasteiger partial charge is 0.508 e. The summed E-state index contributed by atoms with van der Waals surface area (Å²) in [6, 6.07) is 5.61. The van der Waals surface area contributed by atoms with Crippen molar-refractivity contribution in [3.63, 3.8) is 0 Å². The van der Waals surface area contributed by atoms with Crippen LogP contribution in [0.5, 0.6) is 5.75 Å². The predicted octanol–water partition coefficient (Wildman–Crippen LogP) is 1.32. The first-order valence-electron chi connectivity index (χ1n) is 3.98. The normalized spacial score (nSPS) is 11.1. The number of phenolic OH excluding ortho intramolecular Hbond substituents is 1. The first-order valence-corrected chi connectivity index (χ1v) is 4.42. The number of benzene rings is 1. The molecule has 0 fully saturated rings. The van der Waals surface area contributed by atoms with Crippen LogP contribution in [0.15, 0.2) is 30.3 Å². The van der Waals surface area contributed by atoms with Crippen molar-refractivity contribution in [3.05, 3.63) is 35.9 Å². The van der Waals surface area contributed by atoms with Crippen LogP contribution in [-0.2, 0) is 9.59 Å². The summed E-state index contributed by atoms with van der Waals surface area (Å²) in [5, 5.41) is 16.9. The van der Waals surface area contributed by atoms with Crippen molar-refractivity contribution in [1.29, 1.82) is 0 Å². The number of thiol groups is 1. The molecule has 1 aromatic rings. The minimum absolute atomic E-state index is 0.0224. The van der Waals surface area contributed by atoms with E-state index in [1.165, 1.54) is 24.3 Å². The second-order valence-electron chi connectivity index (χ2n) is 2.75. The van der Waals surface area contributed by atoms with Crippen LogP contribution in [0.2, 0.25) is 0 Å². The lowest BCUT2D eigenvalue weighted by Gasteiger charge is -2.01. The van der Waals surface area contributed by atoms with Gasteiger partial charge in [0.2, 0.25) is 5.12 Å². The Bertz CT molecular complexity index is 420. The number of aliphatic carboxylic acids is 1. The number of phenols is 1. The van der Waals surface area contributed by atoms with Gasteiger partial charge in [-0.05, 0) is 17.7 Å². The van der Waals surface area contributed by atoms with Crippen LogP contribution in [0.3, 0.4) is 0 Å². The summed E-state index contributed by atoms with van der Waals surface area (Å²) in [6.45, 7) is 0. The topological polar surface area (TPSA) is 74.6 Å². The molecule has 0 aliphatic carbocycles. The molecule has 78 valence electrons. The Hall–Kier alpha value is -1.75. The molecule has 0 atom stereocenters. The van der Waals surface area contributed by atoms with Gasteiger partial charge in [0.1, 0.15) is 5.75 Å². The van der Waals surface area contributed by atoms with Crippen LogP contribution in [0.25, 0.3) is 5.57 Å². The number of aromatic hydroxyl groups is 1. The van der Waals surface area contributed by atoms with Gasteiger partial charge in [-0.15, -0.1) is 12.6 Å². The third kappa shape index (κ3) is 3.14. The average Bonchev–Trinajstić information content (AvgIpc) is 2.15. The van der Waals surface area contributed by atoms with Crippen molar-refractivity contribution in [3.8, 4) is 5.75 Å². The molecule has 0 heterocycles. The van der Waals surface area contributed by atoms with Crippen molar-refractivity contribution in [2.24, 2.45) is 0 Å². The number of carbonyl (C=O) groups is 2. The van der Waals surface area contributed by atoms with Crippen molar-refractivity contribution in [2.45, 2.75) is 0 Å². The maximum absolute atomic E-state index is 11.0. The van der Waals surface area contributed by atoms with Gasteiger partial charge >= 0.3 is 5.97 Å². The van der Waals surface area contributed by atoms with E-state index in [4.69, 9.17) is 10.2 Å². The maximum Gasteiger partial charge on any atom is 0.329 e. The summed E-state index contributed by atoms with van der Waals surface area (Å²) < 4.78 is 0. The van der Waals surface area contributed by atoms with E-state index >= 15 is 0 Å². The van der Waals surface area contributed by atoms with Crippen LogP contribution in [0, 0.1) is 0 Å². The minimum atomic E-state index is -1.22. The van der Waals surface area contributed by atoms with Gasteiger partial charge in [-0.25, -0.2) is 4.79 Å². The van der Waals surface area contributed by atoms with Gasteiger partial charge in [0.05, 0.1) is 0 Å². The van der Waals surface area contributed by atoms with Gasteiger partial charge in [-0.3, -0.25) is 4.79 Å². The summed E-state index contributed by atoms with van der Waals surface area (Å²) in [6.07, 6.45) is 0.779. The monoisotopic (exact) mass is 224 g/mol. The Kier molecular flexibility index (Phi) is 3.51. The molecule has 0 amide bonds. The Morgan fingerprint density at radius 1 is 1.20 bits per heavy atom. The smallest absolute Gasteiger partial charge is 0.329 e. The van der Waals surface area contributed by atoms with Crippen LogP contribution in [-0.4, -0.2) is 21.3 Å². The number of carbonyl (C=O) groups excluding carboxylic acids is 1. The average molecular weight is 224 g/mol. The molecular formula is C10H8O4S. The lowest BCUT2D eigenvalue weighted by molar-refractivity contribution is -0.131. The molecule has 4 nitrogen and oxygen atoms in total. The van der Waals surface area contributed by atoms with Gasteiger partial charge in [-0.1, -0.05) is 12.1 Å². The van der Waals surface area contributed by atoms with Crippen molar-refractivity contribution in [2.75, 3.05) is 0 Å². The Morgan fingerprint density at radius 3 is 2.13 bits per heavy atom. The molecule has 0 unspecified atom stereocenters. The van der Waals surface area contributed by atoms with Crippen LogP contribution in [0.4, 0.5) is 0 Å². The molecule has 0 saturated heterocycles. The molecular weight excluding hydrogens is 216 g/mol. The molecule has 0 saturated carbocycles. The second kappa shape index (κ2) is 4.65. The number of hydrogen-bond donors (Lipinski definition) is 3. The van der Waals surface area contributed by atoms with Gasteiger partial charge < -0.3 is 10.2 Å². The number of carboxylic acids is 1. The maximum atomic E-state index is 11.0. The van der Waals surface area contributed by atoms with Gasteiger partial charge in [0.15, 0.2) is 0 Å². The van der Waals surface area contributed by atoms with Gasteiger partial charge in [0.25, 0.3) is 0 Å². The molecule has 0 radical (unpaired) electrons. The first-order chi connectivity index (χ1) is 7.00. The second-order valence-corrected chi connectivity index (χ2v) is 3.15. The zero-order valence-corrected chi connectivity index (χ0v) is 8.44. The highest BCUT2D eigenvalue weighted by Crippen LogP contribution is 2.19. The highest BCUT2D eigenvalue weighted by atomic mass is 32.1. The van der Waals surface area contributed by atoms with E-state index in [1.54, 1.807) is 0 Å². The molecule has 0 aromatic heterocycles. The van der Waals surface area contributed by atoms with Crippen LogP contribution < -0.4 is 0 Å². The molecule has 0 bridgehead atoms. The molecule has 0 aliphatic rings. The van der Waals surface area contributed by atoms with Crippen molar-refractivity contribution < 1.29 is 19.8 Å². The number of hydrogen-bond acceptors (Lipinski definition) is 3. The van der Waals surface area contributed by atoms with E-state index in [-0.39, 0.29) is 11.3 Å². The molecule has 15 heavy (non-hydrogen) atoms. The highest BCUT2D eigenvalue weighted by Gasteiger charge is 2.09. The standard InChI is InChI=1S/C10H8O4S/c11-7-3-1-6(2-4-7)8(10(14)15)5-9(12)13/h1-5,11H,(H,12,13)(H,14,15)/b8-5+. The summed E-state index contributed by atoms with van der Waals surface area (Å²) in [4.78, 5) is 21.5. The number of rotatable bonds is 3. The number of carboxylic acid groups (broad SMARTS) is 1. The summed E-state index contributed by atoms with van der Waals surface area (Å²) in [5.74, 6) is -1.18. The highest BCUT2D eigenvalue weighted by molar-refractivity contribution is 7.98. The lowest BCUT2D eigenvalue weighted by Crippen LogP contribution is -1.98. The van der Waals surface area contributed by atoms with Crippen molar-refractivity contribution in [1.82, 2.24) is 0 Å². The predicted molar refractivity (Wildman–Crippen MR) is 57.7 cm³/mol. The third-order valence-corrected chi connectivity index (χ3v) is 1.92. The molecule has 0 spiro atoms. The summed E-state index contributed by atoms with van der Waals surface area (Å²) in [7, 11) is 0. The van der Waals surface area contributed by atoms with E-state index in [0.717, 1.165) is 6.08 Å². The van der Waals surface area contributed by atoms with E-state index in [2.05, 4.69) is 12.6 Å². The molecule has 0 aliphatic heterocycles. The van der Waals surface area contributed by atoms with Gasteiger partial charge in [-0.2, -0.15) is 0 Å². The Morgan fingerprint density at radius 2 is 1.73 bits per heavy atom. The molecule has 2 N–H and O–H groups in total. The fraction of sp³-hybridized carbons (Fsp3) is 0. The zero-order valence-electron chi connectivity index (χ0n) is 7.54. The van der Waals surface area contributed by atoms with Crippen LogP contribution in [0.1, 0.15) is 5.56 Å². The fourth-order valence-corrected chi connectivity index (χ4v) is 1.23. The molecule has 5 heteroatoms. The van der Waals surface area contributed by atoms with Crippen LogP contribution >= 0.6 is 12.6 Å². The van der Waals surface area contributed by atoms with E-state index < -0.39 is 11.1 Å². The Labute approximate surface area is 91.3 Å².